The number of carboxylic acid groups (broad SMARTS) is 1. The Morgan fingerprint density at radius 1 is 1.24 bits per heavy atom. The lowest BCUT2D eigenvalue weighted by molar-refractivity contribution is -0.137. The van der Waals surface area contributed by atoms with E-state index >= 15 is 0 Å². The second-order valence-electron chi connectivity index (χ2n) is 4.96. The van der Waals surface area contributed by atoms with E-state index in [9.17, 15) is 9.59 Å². The number of rotatable bonds is 8. The van der Waals surface area contributed by atoms with Crippen LogP contribution in [0.25, 0.3) is 0 Å². The molecule has 1 rings (SSSR count). The molecule has 4 heteroatoms. The Bertz CT molecular complexity index is 266. The molecule has 2 unspecified atom stereocenters. The summed E-state index contributed by atoms with van der Waals surface area (Å²) in [6.07, 6.45) is 6.34. The van der Waals surface area contributed by atoms with Gasteiger partial charge in [-0.25, -0.2) is 0 Å². The lowest BCUT2D eigenvalue weighted by atomic mass is 9.70. The molecule has 0 amide bonds. The van der Waals surface area contributed by atoms with E-state index in [1.54, 1.807) is 0 Å². The number of Topliss-reactive ketones (excluding diaryl/α,β-unsaturated/α-hetero) is 1. The molecule has 0 aliphatic heterocycles. The highest BCUT2D eigenvalue weighted by Gasteiger charge is 2.44. The number of aliphatic carboxylic acids is 1. The zero-order valence-corrected chi connectivity index (χ0v) is 11.1. The van der Waals surface area contributed by atoms with Gasteiger partial charge in [0.05, 0.1) is 5.38 Å². The van der Waals surface area contributed by atoms with Crippen LogP contribution in [0.15, 0.2) is 0 Å². The number of alkyl halides is 1. The Kier molecular flexibility index (Phi) is 5.96. The molecular formula is C13H21ClO3. The summed E-state index contributed by atoms with van der Waals surface area (Å²) in [4.78, 5) is 21.5. The first kappa shape index (κ1) is 14.5. The molecule has 0 aromatic carbocycles. The van der Waals surface area contributed by atoms with Crippen molar-refractivity contribution in [2.75, 3.05) is 0 Å². The summed E-state index contributed by atoms with van der Waals surface area (Å²) in [6, 6.07) is 0. The van der Waals surface area contributed by atoms with Crippen LogP contribution in [0, 0.1) is 11.8 Å². The maximum absolute atomic E-state index is 11.2. The van der Waals surface area contributed by atoms with Crippen LogP contribution in [-0.4, -0.2) is 22.2 Å². The smallest absolute Gasteiger partial charge is 0.303 e. The second kappa shape index (κ2) is 7.00. The quantitative estimate of drug-likeness (QED) is 0.538. The van der Waals surface area contributed by atoms with Crippen molar-refractivity contribution in [2.45, 2.75) is 57.2 Å². The van der Waals surface area contributed by atoms with Crippen LogP contribution in [0.5, 0.6) is 0 Å². The summed E-state index contributed by atoms with van der Waals surface area (Å²) in [5.74, 6) is -0.0115. The molecule has 3 atom stereocenters. The third-order valence-corrected chi connectivity index (χ3v) is 4.21. The van der Waals surface area contributed by atoms with Gasteiger partial charge in [0, 0.05) is 12.3 Å². The fourth-order valence-electron chi connectivity index (χ4n) is 2.39. The Hall–Kier alpha value is -0.570. The van der Waals surface area contributed by atoms with Crippen LogP contribution >= 0.6 is 11.6 Å². The Balaban J connectivity index is 1.95. The number of hydrogen-bond donors (Lipinski definition) is 1. The maximum atomic E-state index is 11.2. The summed E-state index contributed by atoms with van der Waals surface area (Å²) in [7, 11) is 0. The van der Waals surface area contributed by atoms with E-state index in [2.05, 4.69) is 0 Å². The molecule has 1 N–H and O–H groups in total. The van der Waals surface area contributed by atoms with Gasteiger partial charge in [-0.15, -0.1) is 11.6 Å². The lowest BCUT2D eigenvalue weighted by Gasteiger charge is -2.37. The molecule has 17 heavy (non-hydrogen) atoms. The van der Waals surface area contributed by atoms with Crippen LogP contribution in [0.1, 0.15) is 51.9 Å². The summed E-state index contributed by atoms with van der Waals surface area (Å²) in [5.41, 5.74) is 0. The van der Waals surface area contributed by atoms with Crippen molar-refractivity contribution >= 4 is 23.4 Å². The summed E-state index contributed by atoms with van der Waals surface area (Å²) < 4.78 is 0. The van der Waals surface area contributed by atoms with Gasteiger partial charge in [0.15, 0.2) is 5.78 Å². The van der Waals surface area contributed by atoms with Crippen molar-refractivity contribution < 1.29 is 14.7 Å². The molecule has 0 heterocycles. The van der Waals surface area contributed by atoms with Crippen molar-refractivity contribution in [3.8, 4) is 0 Å². The predicted octanol–water partition coefficient (Wildman–Crippen LogP) is 3.24. The Morgan fingerprint density at radius 3 is 2.41 bits per heavy atom. The molecule has 0 radical (unpaired) electrons. The van der Waals surface area contributed by atoms with Crippen LogP contribution in [0.4, 0.5) is 0 Å². The number of ketones is 1. The average molecular weight is 261 g/mol. The van der Waals surface area contributed by atoms with E-state index in [4.69, 9.17) is 16.7 Å². The van der Waals surface area contributed by atoms with Crippen molar-refractivity contribution in [3.63, 3.8) is 0 Å². The van der Waals surface area contributed by atoms with Crippen molar-refractivity contribution in [2.24, 2.45) is 11.8 Å². The predicted molar refractivity (Wildman–Crippen MR) is 67.3 cm³/mol. The Morgan fingerprint density at radius 2 is 1.82 bits per heavy atom. The van der Waals surface area contributed by atoms with E-state index in [0.29, 0.717) is 5.92 Å². The van der Waals surface area contributed by atoms with E-state index in [1.807, 2.05) is 6.92 Å². The molecule has 1 aliphatic carbocycles. The number of carbonyl (C=O) groups excluding carboxylic acids is 1. The number of carboxylic acids is 1. The van der Waals surface area contributed by atoms with Crippen molar-refractivity contribution in [1.29, 1.82) is 0 Å². The number of hydrogen-bond acceptors (Lipinski definition) is 2. The third kappa shape index (κ3) is 4.30. The topological polar surface area (TPSA) is 54.4 Å². The maximum Gasteiger partial charge on any atom is 0.303 e. The van der Waals surface area contributed by atoms with Crippen LogP contribution in [0.2, 0.25) is 0 Å². The monoisotopic (exact) mass is 260 g/mol. The molecule has 3 nitrogen and oxygen atoms in total. The van der Waals surface area contributed by atoms with Gasteiger partial charge < -0.3 is 5.11 Å². The first-order valence-electron chi connectivity index (χ1n) is 6.43. The van der Waals surface area contributed by atoms with E-state index in [-0.39, 0.29) is 23.5 Å². The molecular weight excluding hydrogens is 240 g/mol. The molecule has 0 spiro atoms. The van der Waals surface area contributed by atoms with Gasteiger partial charge >= 0.3 is 5.97 Å². The van der Waals surface area contributed by atoms with E-state index in [0.717, 1.165) is 38.5 Å². The van der Waals surface area contributed by atoms with Gasteiger partial charge in [-0.2, -0.15) is 0 Å². The lowest BCUT2D eigenvalue weighted by Crippen LogP contribution is -2.47. The first-order valence-corrected chi connectivity index (χ1v) is 6.87. The zero-order valence-electron chi connectivity index (χ0n) is 10.3. The highest BCUT2D eigenvalue weighted by molar-refractivity contribution is 6.34. The van der Waals surface area contributed by atoms with Crippen molar-refractivity contribution in [1.82, 2.24) is 0 Å². The standard InChI is InChI=1S/C13H21ClO3/c1-9-10(12(14)13(9)17)7-5-3-2-4-6-8-11(15)16/h9-10,12H,2-8H2,1H3,(H,15,16)/t9-,10?,12?/m1/s1. The molecule has 0 aromatic rings. The zero-order chi connectivity index (χ0) is 12.8. The molecule has 0 saturated heterocycles. The minimum atomic E-state index is -0.711. The number of unbranched alkanes of at least 4 members (excludes halogenated alkanes) is 4. The van der Waals surface area contributed by atoms with Crippen LogP contribution < -0.4 is 0 Å². The third-order valence-electron chi connectivity index (χ3n) is 3.67. The highest BCUT2D eigenvalue weighted by Crippen LogP contribution is 2.38. The molecule has 1 fully saturated rings. The van der Waals surface area contributed by atoms with Gasteiger partial charge in [0.2, 0.25) is 0 Å². The van der Waals surface area contributed by atoms with Gasteiger partial charge in [-0.1, -0.05) is 32.6 Å². The summed E-state index contributed by atoms with van der Waals surface area (Å²) in [5, 5.41) is 8.21. The van der Waals surface area contributed by atoms with Crippen LogP contribution in [0.3, 0.4) is 0 Å². The molecule has 0 aromatic heterocycles. The minimum absolute atomic E-state index is 0.143. The highest BCUT2D eigenvalue weighted by atomic mass is 35.5. The van der Waals surface area contributed by atoms with E-state index < -0.39 is 5.97 Å². The van der Waals surface area contributed by atoms with E-state index in [1.165, 1.54) is 0 Å². The molecule has 0 bridgehead atoms. The fraction of sp³-hybridized carbons (Fsp3) is 0.846. The van der Waals surface area contributed by atoms with Crippen LogP contribution in [-0.2, 0) is 9.59 Å². The SMILES string of the molecule is C[C@H]1C(=O)C(Cl)C1CCCCCCCC(=O)O. The fourth-order valence-corrected chi connectivity index (χ4v) is 2.93. The summed E-state index contributed by atoms with van der Waals surface area (Å²) in [6.45, 7) is 1.96. The summed E-state index contributed by atoms with van der Waals surface area (Å²) >= 11 is 5.94. The molecule has 1 saturated carbocycles. The van der Waals surface area contributed by atoms with Gasteiger partial charge in [-0.05, 0) is 18.8 Å². The molecule has 98 valence electrons. The first-order chi connectivity index (χ1) is 8.04. The normalized spacial score (nSPS) is 27.9. The molecule has 1 aliphatic rings. The second-order valence-corrected chi connectivity index (χ2v) is 5.43. The largest absolute Gasteiger partial charge is 0.481 e. The average Bonchev–Trinajstić information content (AvgIpc) is 2.31. The number of carbonyl (C=O) groups is 2. The minimum Gasteiger partial charge on any atom is -0.481 e. The number of halogens is 1. The Labute approximate surface area is 108 Å². The van der Waals surface area contributed by atoms with Gasteiger partial charge in [-0.3, -0.25) is 9.59 Å². The van der Waals surface area contributed by atoms with Crippen molar-refractivity contribution in [3.05, 3.63) is 0 Å². The van der Waals surface area contributed by atoms with Gasteiger partial charge in [0.25, 0.3) is 0 Å². The van der Waals surface area contributed by atoms with Gasteiger partial charge in [0.1, 0.15) is 0 Å².